The summed E-state index contributed by atoms with van der Waals surface area (Å²) in [6, 6.07) is 34.3. The largest absolute Gasteiger partial charge is 0.493 e. The van der Waals surface area contributed by atoms with Crippen LogP contribution in [0.15, 0.2) is 133 Å². The van der Waals surface area contributed by atoms with Gasteiger partial charge in [-0.2, -0.15) is 0 Å². The van der Waals surface area contributed by atoms with Crippen molar-refractivity contribution < 1.29 is 43.3 Å². The van der Waals surface area contributed by atoms with Gasteiger partial charge in [0.15, 0.2) is 5.78 Å². The molecule has 6 rings (SSSR count). The molecule has 11 nitrogen and oxygen atoms in total. The van der Waals surface area contributed by atoms with Gasteiger partial charge in [0.25, 0.3) is 11.8 Å². The lowest BCUT2D eigenvalue weighted by atomic mass is 9.85. The highest BCUT2D eigenvalue weighted by molar-refractivity contribution is 6.10. The molecule has 11 heteroatoms. The Balaban J connectivity index is 1.46. The quantitative estimate of drug-likeness (QED) is 0.0754. The van der Waals surface area contributed by atoms with Crippen molar-refractivity contribution in [2.75, 3.05) is 24.7 Å². The maximum Gasteiger partial charge on any atom is 0.338 e. The topological polar surface area (TPSA) is 149 Å². The molecule has 5 aromatic carbocycles. The van der Waals surface area contributed by atoms with Gasteiger partial charge < -0.3 is 29.5 Å². The molecule has 0 bridgehead atoms. The lowest BCUT2D eigenvalue weighted by Gasteiger charge is -2.45. The summed E-state index contributed by atoms with van der Waals surface area (Å²) in [6.07, 6.45) is -1.37. The third-order valence-corrected chi connectivity index (χ3v) is 9.11. The van der Waals surface area contributed by atoms with Crippen LogP contribution in [0.5, 0.6) is 5.75 Å². The maximum absolute atomic E-state index is 14.5. The van der Waals surface area contributed by atoms with Crippen molar-refractivity contribution in [1.82, 2.24) is 5.32 Å². The molecule has 0 saturated heterocycles. The number of hydrogen-bond donors (Lipinski definition) is 2. The number of amides is 2. The number of esters is 2. The number of nitrogens with one attached hydrogen (secondary N) is 1. The zero-order chi connectivity index (χ0) is 38.7. The number of benzene rings is 5. The van der Waals surface area contributed by atoms with E-state index in [1.807, 2.05) is 6.07 Å². The van der Waals surface area contributed by atoms with Gasteiger partial charge in [0, 0.05) is 40.8 Å². The average molecular weight is 741 g/mol. The van der Waals surface area contributed by atoms with Crippen LogP contribution in [0.4, 0.5) is 5.69 Å². The second kappa shape index (κ2) is 18.0. The number of aliphatic hydroxyl groups excluding tert-OH is 1. The van der Waals surface area contributed by atoms with E-state index in [0.29, 0.717) is 45.7 Å². The summed E-state index contributed by atoms with van der Waals surface area (Å²) in [7, 11) is 0. The first-order valence-electron chi connectivity index (χ1n) is 18.0. The molecule has 2 amide bonds. The lowest BCUT2D eigenvalue weighted by Crippen LogP contribution is -2.58. The number of carbonyl (C=O) groups is 5. The number of fused-ring (bicyclic) bond motifs is 1. The Kier molecular flexibility index (Phi) is 12.5. The number of nitrogens with zero attached hydrogens (tertiary/aromatic N) is 1. The van der Waals surface area contributed by atoms with E-state index >= 15 is 0 Å². The van der Waals surface area contributed by atoms with Gasteiger partial charge in [-0.3, -0.25) is 19.2 Å². The molecule has 5 aromatic rings. The molecule has 280 valence electrons. The first-order chi connectivity index (χ1) is 26.8. The summed E-state index contributed by atoms with van der Waals surface area (Å²) in [6.45, 7) is 1.83. The molecule has 2 N–H and O–H groups in total. The molecular formula is C44H40N2O9. The molecule has 0 fully saturated rings. The van der Waals surface area contributed by atoms with Crippen LogP contribution in [0.3, 0.4) is 0 Å². The minimum atomic E-state index is -1.34. The first kappa shape index (κ1) is 38.1. The van der Waals surface area contributed by atoms with Crippen LogP contribution in [0.1, 0.15) is 78.4 Å². The minimum absolute atomic E-state index is 0.0655. The molecule has 3 atom stereocenters. The summed E-state index contributed by atoms with van der Waals surface area (Å²) < 4.78 is 17.6. The van der Waals surface area contributed by atoms with Gasteiger partial charge in [-0.05, 0) is 61.5 Å². The number of rotatable bonds is 14. The van der Waals surface area contributed by atoms with E-state index in [1.165, 1.54) is 29.2 Å². The van der Waals surface area contributed by atoms with Gasteiger partial charge >= 0.3 is 11.9 Å². The van der Waals surface area contributed by atoms with Crippen LogP contribution in [-0.4, -0.2) is 66.6 Å². The minimum Gasteiger partial charge on any atom is -0.493 e. The second-order valence-corrected chi connectivity index (χ2v) is 12.7. The molecule has 1 heterocycles. The number of aliphatic hydroxyl groups is 1. The van der Waals surface area contributed by atoms with E-state index < -0.39 is 41.9 Å². The van der Waals surface area contributed by atoms with E-state index in [0.717, 1.165) is 0 Å². The summed E-state index contributed by atoms with van der Waals surface area (Å²) >= 11 is 0. The van der Waals surface area contributed by atoms with Gasteiger partial charge in [-0.1, -0.05) is 78.9 Å². The molecule has 0 aromatic heterocycles. The predicted molar refractivity (Wildman–Crippen MR) is 204 cm³/mol. The third kappa shape index (κ3) is 8.97. The predicted octanol–water partition coefficient (Wildman–Crippen LogP) is 6.36. The average Bonchev–Trinajstić information content (AvgIpc) is 3.22. The Labute approximate surface area is 318 Å². The first-order valence-corrected chi connectivity index (χ1v) is 18.0. The number of ether oxygens (including phenoxy) is 3. The highest BCUT2D eigenvalue weighted by Gasteiger charge is 2.48. The Morgan fingerprint density at radius 1 is 0.709 bits per heavy atom. The van der Waals surface area contributed by atoms with Crippen molar-refractivity contribution >= 4 is 35.2 Å². The fourth-order valence-corrected chi connectivity index (χ4v) is 6.47. The summed E-state index contributed by atoms with van der Waals surface area (Å²) in [5.41, 5.74) is 2.31. The Morgan fingerprint density at radius 3 is 1.91 bits per heavy atom. The van der Waals surface area contributed by atoms with Crippen LogP contribution < -0.4 is 15.0 Å². The van der Waals surface area contributed by atoms with Crippen molar-refractivity contribution in [2.24, 2.45) is 0 Å². The Hall–Kier alpha value is -6.59. The molecular weight excluding hydrogens is 700 g/mol. The molecule has 1 aliphatic heterocycles. The highest BCUT2D eigenvalue weighted by Crippen LogP contribution is 2.43. The van der Waals surface area contributed by atoms with Crippen molar-refractivity contribution in [3.05, 3.63) is 167 Å². The van der Waals surface area contributed by atoms with Crippen molar-refractivity contribution in [3.63, 3.8) is 0 Å². The van der Waals surface area contributed by atoms with E-state index in [4.69, 9.17) is 14.2 Å². The van der Waals surface area contributed by atoms with Crippen molar-refractivity contribution in [2.45, 2.75) is 38.0 Å². The second-order valence-electron chi connectivity index (χ2n) is 12.7. The lowest BCUT2D eigenvalue weighted by molar-refractivity contribution is -0.144. The molecule has 55 heavy (non-hydrogen) atoms. The number of hydrogen-bond acceptors (Lipinski definition) is 9. The van der Waals surface area contributed by atoms with E-state index in [9.17, 15) is 29.1 Å². The van der Waals surface area contributed by atoms with Crippen LogP contribution in [0.25, 0.3) is 0 Å². The monoisotopic (exact) mass is 740 g/mol. The van der Waals surface area contributed by atoms with Gasteiger partial charge in [-0.15, -0.1) is 0 Å². The van der Waals surface area contributed by atoms with Crippen LogP contribution in [-0.2, 0) is 14.3 Å². The van der Waals surface area contributed by atoms with Crippen LogP contribution in [0.2, 0.25) is 0 Å². The van der Waals surface area contributed by atoms with Crippen LogP contribution >= 0.6 is 0 Å². The maximum atomic E-state index is 14.5. The zero-order valence-electron chi connectivity index (χ0n) is 30.1. The van der Waals surface area contributed by atoms with Crippen molar-refractivity contribution in [3.8, 4) is 5.75 Å². The third-order valence-electron chi connectivity index (χ3n) is 9.11. The standard InChI is InChI=1S/C44H40N2O9/c1-2-53-38(48)28-37-41(55-44(52)33-21-19-30(20-22-33)40(49)29-13-6-3-7-14-29)39(45-42(50)31-15-8-4-9-16-31)35-27-34(54-26-12-25-47)23-24-36(35)46(37)43(51)32-17-10-5-11-18-32/h3-11,13-24,27,37,39,41,47H,2,12,25-26,28H2,1H3,(H,45,50)/t37-,39-,41-/m0/s1. The van der Waals surface area contributed by atoms with E-state index in [1.54, 1.807) is 110 Å². The SMILES string of the molecule is CCOC(=O)C[C@H]1[C@H](OC(=O)c2ccc(C(=O)c3ccccc3)cc2)[C@@H](NC(=O)c2ccccc2)c2cc(OCCCO)ccc2N1C(=O)c1ccccc1. The van der Waals surface area contributed by atoms with E-state index in [-0.39, 0.29) is 37.6 Å². The highest BCUT2D eigenvalue weighted by atomic mass is 16.5. The number of ketones is 1. The summed E-state index contributed by atoms with van der Waals surface area (Å²) in [5, 5.41) is 12.4. The summed E-state index contributed by atoms with van der Waals surface area (Å²) in [5.74, 6) is -2.29. The number of anilines is 1. The van der Waals surface area contributed by atoms with E-state index in [2.05, 4.69) is 5.32 Å². The Morgan fingerprint density at radius 2 is 1.29 bits per heavy atom. The normalized spacial score (nSPS) is 16.0. The smallest absolute Gasteiger partial charge is 0.338 e. The van der Waals surface area contributed by atoms with Gasteiger partial charge in [-0.25, -0.2) is 4.79 Å². The number of carbonyl (C=O) groups excluding carboxylic acids is 5. The Bertz CT molecular complexity index is 2120. The molecule has 0 unspecified atom stereocenters. The molecule has 0 spiro atoms. The fraction of sp³-hybridized carbons (Fsp3) is 0.205. The van der Waals surface area contributed by atoms with Gasteiger partial charge in [0.2, 0.25) is 0 Å². The van der Waals surface area contributed by atoms with Gasteiger partial charge in [0.1, 0.15) is 11.9 Å². The zero-order valence-corrected chi connectivity index (χ0v) is 30.1. The van der Waals surface area contributed by atoms with Crippen molar-refractivity contribution in [1.29, 1.82) is 0 Å². The van der Waals surface area contributed by atoms with Crippen LogP contribution in [0, 0.1) is 0 Å². The molecule has 1 aliphatic rings. The molecule has 0 aliphatic carbocycles. The fourth-order valence-electron chi connectivity index (χ4n) is 6.47. The molecule has 0 saturated carbocycles. The molecule has 0 radical (unpaired) electrons. The van der Waals surface area contributed by atoms with Gasteiger partial charge in [0.05, 0.1) is 43.0 Å². The summed E-state index contributed by atoms with van der Waals surface area (Å²) in [4.78, 5) is 70.4.